The molecule has 0 bridgehead atoms. The van der Waals surface area contributed by atoms with Crippen molar-refractivity contribution >= 4 is 21.6 Å². The molecule has 0 amide bonds. The first kappa shape index (κ1) is 19.1. The van der Waals surface area contributed by atoms with Gasteiger partial charge in [0, 0.05) is 0 Å². The van der Waals surface area contributed by atoms with Gasteiger partial charge in [0.1, 0.15) is 11.5 Å². The van der Waals surface area contributed by atoms with Crippen LogP contribution in [0.2, 0.25) is 0 Å². The molecular formula is C20H26O2S2. The Kier molecular flexibility index (Phi) is 6.93. The lowest BCUT2D eigenvalue weighted by Gasteiger charge is -2.13. The first-order valence-electron chi connectivity index (χ1n) is 8.45. The van der Waals surface area contributed by atoms with E-state index in [1.165, 1.54) is 21.6 Å². The van der Waals surface area contributed by atoms with Gasteiger partial charge in [-0.25, -0.2) is 0 Å². The molecule has 4 heteroatoms. The Labute approximate surface area is 153 Å². The molecule has 0 unspecified atom stereocenters. The summed E-state index contributed by atoms with van der Waals surface area (Å²) in [4.78, 5) is 1.72. The zero-order valence-corrected chi connectivity index (χ0v) is 16.5. The summed E-state index contributed by atoms with van der Waals surface area (Å²) in [5, 5.41) is 21.0. The summed E-state index contributed by atoms with van der Waals surface area (Å²) in [6.45, 7) is 8.33. The fourth-order valence-corrected chi connectivity index (χ4v) is 5.14. The van der Waals surface area contributed by atoms with Crippen LogP contribution in [0.1, 0.15) is 48.9 Å². The van der Waals surface area contributed by atoms with Crippen molar-refractivity contribution in [2.24, 2.45) is 0 Å². The molecule has 2 rings (SSSR count). The van der Waals surface area contributed by atoms with E-state index in [4.69, 9.17) is 0 Å². The van der Waals surface area contributed by atoms with Crippen LogP contribution in [-0.4, -0.2) is 10.2 Å². The maximum absolute atomic E-state index is 10.5. The van der Waals surface area contributed by atoms with Crippen LogP contribution in [0, 0.1) is 13.8 Å². The molecule has 0 aliphatic heterocycles. The molecule has 0 aliphatic rings. The summed E-state index contributed by atoms with van der Waals surface area (Å²) in [5.41, 5.74) is 4.31. The Hall–Kier alpha value is -1.26. The Morgan fingerprint density at radius 1 is 0.708 bits per heavy atom. The predicted octanol–water partition coefficient (Wildman–Crippen LogP) is 6.42. The first-order chi connectivity index (χ1) is 11.5. The van der Waals surface area contributed by atoms with E-state index in [0.29, 0.717) is 11.5 Å². The second-order valence-electron chi connectivity index (χ2n) is 6.21. The summed E-state index contributed by atoms with van der Waals surface area (Å²) < 4.78 is 0. The summed E-state index contributed by atoms with van der Waals surface area (Å²) in [6, 6.07) is 8.12. The molecule has 2 aromatic rings. The molecule has 0 fully saturated rings. The number of phenolic OH excluding ortho intramolecular Hbond substituents is 2. The lowest BCUT2D eigenvalue weighted by molar-refractivity contribution is 0.453. The molecule has 0 saturated heterocycles. The Bertz CT molecular complexity index is 650. The minimum Gasteiger partial charge on any atom is -0.506 e. The summed E-state index contributed by atoms with van der Waals surface area (Å²) in [7, 11) is 3.02. The van der Waals surface area contributed by atoms with Gasteiger partial charge in [-0.1, -0.05) is 38.8 Å². The second kappa shape index (κ2) is 8.72. The van der Waals surface area contributed by atoms with Gasteiger partial charge in [0.15, 0.2) is 0 Å². The standard InChI is InChI=1S/C20H26O2S2/c1-5-7-15-9-13(3)11-17(19(15)21)23-24-18-12-14(4)10-16(8-6-2)20(18)22/h9-12,21-22H,5-8H2,1-4H3. The molecule has 0 heterocycles. The van der Waals surface area contributed by atoms with Crippen LogP contribution in [0.25, 0.3) is 0 Å². The van der Waals surface area contributed by atoms with Crippen LogP contribution < -0.4 is 0 Å². The van der Waals surface area contributed by atoms with Crippen LogP contribution in [0.3, 0.4) is 0 Å². The minimum atomic E-state index is 0.376. The predicted molar refractivity (Wildman–Crippen MR) is 105 cm³/mol. The van der Waals surface area contributed by atoms with Gasteiger partial charge in [-0.3, -0.25) is 0 Å². The number of aryl methyl sites for hydroxylation is 4. The molecule has 2 N–H and O–H groups in total. The smallest absolute Gasteiger partial charge is 0.133 e. The summed E-state index contributed by atoms with van der Waals surface area (Å²) in [5.74, 6) is 0.752. The van der Waals surface area contributed by atoms with Gasteiger partial charge in [-0.2, -0.15) is 0 Å². The van der Waals surface area contributed by atoms with Crippen LogP contribution in [0.4, 0.5) is 0 Å². The third-order valence-corrected chi connectivity index (χ3v) is 6.25. The zero-order chi connectivity index (χ0) is 17.7. The van der Waals surface area contributed by atoms with Crippen LogP contribution in [0.15, 0.2) is 34.1 Å². The highest BCUT2D eigenvalue weighted by molar-refractivity contribution is 8.76. The van der Waals surface area contributed by atoms with E-state index in [2.05, 4.69) is 39.8 Å². The summed E-state index contributed by atoms with van der Waals surface area (Å²) in [6.07, 6.45) is 3.77. The maximum Gasteiger partial charge on any atom is 0.133 e. The lowest BCUT2D eigenvalue weighted by Crippen LogP contribution is -1.89. The van der Waals surface area contributed by atoms with Crippen LogP contribution in [-0.2, 0) is 12.8 Å². The highest BCUT2D eigenvalue weighted by atomic mass is 33.1. The highest BCUT2D eigenvalue weighted by Crippen LogP contribution is 2.47. The van der Waals surface area contributed by atoms with E-state index in [-0.39, 0.29) is 0 Å². The molecule has 0 aliphatic carbocycles. The molecule has 130 valence electrons. The Balaban J connectivity index is 2.25. The Morgan fingerprint density at radius 2 is 1.08 bits per heavy atom. The number of phenols is 2. The van der Waals surface area contributed by atoms with Gasteiger partial charge >= 0.3 is 0 Å². The van der Waals surface area contributed by atoms with Gasteiger partial charge in [0.2, 0.25) is 0 Å². The van der Waals surface area contributed by atoms with E-state index in [0.717, 1.165) is 57.7 Å². The number of rotatable bonds is 7. The van der Waals surface area contributed by atoms with Gasteiger partial charge in [0.25, 0.3) is 0 Å². The SMILES string of the molecule is CCCc1cc(C)cc(SSc2cc(C)cc(CCC)c2O)c1O. The Morgan fingerprint density at radius 3 is 1.42 bits per heavy atom. The van der Waals surface area contributed by atoms with Gasteiger partial charge in [0.05, 0.1) is 9.79 Å². The lowest BCUT2D eigenvalue weighted by atomic mass is 10.1. The molecule has 0 atom stereocenters. The van der Waals surface area contributed by atoms with E-state index in [1.54, 1.807) is 0 Å². The van der Waals surface area contributed by atoms with E-state index in [9.17, 15) is 10.2 Å². The number of benzene rings is 2. The van der Waals surface area contributed by atoms with Crippen molar-refractivity contribution in [1.29, 1.82) is 0 Å². The fraction of sp³-hybridized carbons (Fsp3) is 0.400. The highest BCUT2D eigenvalue weighted by Gasteiger charge is 2.13. The van der Waals surface area contributed by atoms with Crippen molar-refractivity contribution in [3.63, 3.8) is 0 Å². The molecule has 2 nitrogen and oxygen atoms in total. The van der Waals surface area contributed by atoms with Gasteiger partial charge in [-0.05, 0) is 82.7 Å². The molecule has 0 radical (unpaired) electrons. The average Bonchev–Trinajstić information content (AvgIpc) is 2.53. The van der Waals surface area contributed by atoms with Crippen molar-refractivity contribution in [3.05, 3.63) is 46.5 Å². The van der Waals surface area contributed by atoms with Crippen molar-refractivity contribution in [3.8, 4) is 11.5 Å². The molecule has 24 heavy (non-hydrogen) atoms. The maximum atomic E-state index is 10.5. The number of hydrogen-bond acceptors (Lipinski definition) is 4. The zero-order valence-electron chi connectivity index (χ0n) is 14.8. The quantitative estimate of drug-likeness (QED) is 0.558. The monoisotopic (exact) mass is 362 g/mol. The van der Waals surface area contributed by atoms with Crippen molar-refractivity contribution in [2.45, 2.75) is 63.2 Å². The number of hydrogen-bond donors (Lipinski definition) is 2. The van der Waals surface area contributed by atoms with E-state index in [1.807, 2.05) is 12.1 Å². The van der Waals surface area contributed by atoms with Gasteiger partial charge < -0.3 is 10.2 Å². The topological polar surface area (TPSA) is 40.5 Å². The number of aromatic hydroxyl groups is 2. The molecule has 0 saturated carbocycles. The molecule has 0 spiro atoms. The minimum absolute atomic E-state index is 0.376. The van der Waals surface area contributed by atoms with Crippen molar-refractivity contribution in [2.75, 3.05) is 0 Å². The van der Waals surface area contributed by atoms with Crippen LogP contribution >= 0.6 is 21.6 Å². The summed E-state index contributed by atoms with van der Waals surface area (Å²) >= 11 is 0. The van der Waals surface area contributed by atoms with E-state index < -0.39 is 0 Å². The molecule has 2 aromatic carbocycles. The van der Waals surface area contributed by atoms with E-state index >= 15 is 0 Å². The average molecular weight is 363 g/mol. The second-order valence-corrected chi connectivity index (χ2v) is 8.42. The molecule has 0 aromatic heterocycles. The largest absolute Gasteiger partial charge is 0.506 e. The van der Waals surface area contributed by atoms with Crippen molar-refractivity contribution < 1.29 is 10.2 Å². The normalized spacial score (nSPS) is 11.0. The van der Waals surface area contributed by atoms with Gasteiger partial charge in [-0.15, -0.1) is 0 Å². The fourth-order valence-electron chi connectivity index (χ4n) is 2.77. The third-order valence-electron chi connectivity index (χ3n) is 3.86. The van der Waals surface area contributed by atoms with Crippen molar-refractivity contribution in [1.82, 2.24) is 0 Å². The van der Waals surface area contributed by atoms with Crippen LogP contribution in [0.5, 0.6) is 11.5 Å². The first-order valence-corrected chi connectivity index (χ1v) is 10.6. The molecular weight excluding hydrogens is 336 g/mol. The third kappa shape index (κ3) is 4.64.